The second-order valence-electron chi connectivity index (χ2n) is 3.72. The van der Waals surface area contributed by atoms with Crippen LogP contribution in [0.2, 0.25) is 0 Å². The van der Waals surface area contributed by atoms with Crippen LogP contribution in [-0.2, 0) is 11.3 Å². The Kier molecular flexibility index (Phi) is 6.76. The van der Waals surface area contributed by atoms with Gasteiger partial charge in [-0.05, 0) is 19.3 Å². The molecule has 1 aromatic rings. The predicted octanol–water partition coefficient (Wildman–Crippen LogP) is 1.86. The van der Waals surface area contributed by atoms with Crippen LogP contribution in [0.3, 0.4) is 0 Å². The number of hydrogen-bond acceptors (Lipinski definition) is 5. The molecule has 0 unspecified atom stereocenters. The molecule has 0 saturated heterocycles. The van der Waals surface area contributed by atoms with Crippen molar-refractivity contribution in [3.8, 4) is 0 Å². The quantitative estimate of drug-likeness (QED) is 0.490. The van der Waals surface area contributed by atoms with E-state index < -0.39 is 0 Å². The first-order valence-electron chi connectivity index (χ1n) is 5.70. The topological polar surface area (TPSA) is 70.2 Å². The number of anilines is 1. The lowest BCUT2D eigenvalue weighted by atomic mass is 10.2. The van der Waals surface area contributed by atoms with Crippen LogP contribution in [0.4, 0.5) is 5.82 Å². The maximum atomic E-state index is 8.65. The predicted molar refractivity (Wildman–Crippen MR) is 69.6 cm³/mol. The molecule has 17 heavy (non-hydrogen) atoms. The number of H-pyrrole nitrogens is 1. The van der Waals surface area contributed by atoms with E-state index in [9.17, 15) is 0 Å². The summed E-state index contributed by atoms with van der Waals surface area (Å²) in [6.45, 7) is 1.53. The number of nitrogens with one attached hydrogen (secondary N) is 2. The standard InChI is InChI=1S/C11H19N3O2S/c1-16-8-10-13-9(7-11(17)14-10)12-5-3-2-4-6-15/h7,15H,2-6,8H2,1H3,(H2,12,13,14,17). The maximum absolute atomic E-state index is 8.65. The van der Waals surface area contributed by atoms with E-state index in [0.717, 1.165) is 37.4 Å². The molecule has 0 fully saturated rings. The van der Waals surface area contributed by atoms with E-state index >= 15 is 0 Å². The minimum absolute atomic E-state index is 0.260. The van der Waals surface area contributed by atoms with Crippen molar-refractivity contribution in [2.24, 2.45) is 0 Å². The van der Waals surface area contributed by atoms with Gasteiger partial charge in [0.1, 0.15) is 22.9 Å². The fraction of sp³-hybridized carbons (Fsp3) is 0.636. The van der Waals surface area contributed by atoms with Gasteiger partial charge < -0.3 is 20.1 Å². The zero-order valence-corrected chi connectivity index (χ0v) is 10.8. The third-order valence-corrected chi connectivity index (χ3v) is 2.43. The highest BCUT2D eigenvalue weighted by atomic mass is 32.1. The molecule has 0 aromatic carbocycles. The molecular weight excluding hydrogens is 238 g/mol. The minimum Gasteiger partial charge on any atom is -0.396 e. The maximum Gasteiger partial charge on any atom is 0.135 e. The number of rotatable bonds is 8. The Bertz CT molecular complexity index is 381. The molecule has 0 atom stereocenters. The van der Waals surface area contributed by atoms with E-state index in [1.165, 1.54) is 0 Å². The van der Waals surface area contributed by atoms with E-state index in [1.54, 1.807) is 13.2 Å². The van der Waals surface area contributed by atoms with Gasteiger partial charge in [-0.2, -0.15) is 0 Å². The normalized spacial score (nSPS) is 10.5. The number of ether oxygens (including phenoxy) is 1. The van der Waals surface area contributed by atoms with Crippen molar-refractivity contribution in [3.63, 3.8) is 0 Å². The molecule has 0 aliphatic carbocycles. The average molecular weight is 257 g/mol. The van der Waals surface area contributed by atoms with E-state index in [1.807, 2.05) is 0 Å². The molecule has 5 nitrogen and oxygen atoms in total. The average Bonchev–Trinajstić information content (AvgIpc) is 2.28. The molecule has 0 radical (unpaired) electrons. The summed E-state index contributed by atoms with van der Waals surface area (Å²) in [7, 11) is 1.62. The summed E-state index contributed by atoms with van der Waals surface area (Å²) in [5, 5.41) is 11.9. The van der Waals surface area contributed by atoms with Gasteiger partial charge in [-0.15, -0.1) is 0 Å². The van der Waals surface area contributed by atoms with Crippen LogP contribution in [0, 0.1) is 4.64 Å². The van der Waals surface area contributed by atoms with E-state index in [4.69, 9.17) is 22.1 Å². The summed E-state index contributed by atoms with van der Waals surface area (Å²) in [5.74, 6) is 1.58. The first-order valence-corrected chi connectivity index (χ1v) is 6.11. The Morgan fingerprint density at radius 3 is 3.00 bits per heavy atom. The number of hydrogen-bond donors (Lipinski definition) is 3. The number of aromatic nitrogens is 2. The molecule has 6 heteroatoms. The molecule has 0 amide bonds. The molecule has 1 heterocycles. The Morgan fingerprint density at radius 2 is 2.29 bits per heavy atom. The Balaban J connectivity index is 2.44. The second kappa shape index (κ2) is 8.16. The smallest absolute Gasteiger partial charge is 0.135 e. The summed E-state index contributed by atoms with van der Waals surface area (Å²) in [5.41, 5.74) is 0. The lowest BCUT2D eigenvalue weighted by Crippen LogP contribution is -2.06. The van der Waals surface area contributed by atoms with Crippen LogP contribution < -0.4 is 5.32 Å². The lowest BCUT2D eigenvalue weighted by Gasteiger charge is -2.08. The second-order valence-corrected chi connectivity index (χ2v) is 4.14. The zero-order valence-electron chi connectivity index (χ0n) is 10.0. The van der Waals surface area contributed by atoms with Gasteiger partial charge in [0.05, 0.1) is 0 Å². The highest BCUT2D eigenvalue weighted by Crippen LogP contribution is 2.05. The third kappa shape index (κ3) is 5.76. The van der Waals surface area contributed by atoms with Crippen LogP contribution >= 0.6 is 12.2 Å². The molecule has 1 aromatic heterocycles. The van der Waals surface area contributed by atoms with E-state index in [2.05, 4.69) is 15.3 Å². The third-order valence-electron chi connectivity index (χ3n) is 2.22. The lowest BCUT2D eigenvalue weighted by molar-refractivity contribution is 0.178. The molecule has 96 valence electrons. The van der Waals surface area contributed by atoms with E-state index in [0.29, 0.717) is 11.2 Å². The number of aliphatic hydroxyl groups is 1. The Labute approximate surface area is 106 Å². The summed E-state index contributed by atoms with van der Waals surface area (Å²) < 4.78 is 5.55. The largest absolute Gasteiger partial charge is 0.396 e. The first kappa shape index (κ1) is 14.1. The van der Waals surface area contributed by atoms with Crippen molar-refractivity contribution in [3.05, 3.63) is 16.5 Å². The minimum atomic E-state index is 0.260. The van der Waals surface area contributed by atoms with Gasteiger partial charge in [0.25, 0.3) is 0 Å². The van der Waals surface area contributed by atoms with Gasteiger partial charge in [-0.1, -0.05) is 12.2 Å². The zero-order chi connectivity index (χ0) is 12.5. The summed E-state index contributed by atoms with van der Waals surface area (Å²) in [6.07, 6.45) is 2.88. The number of unbranched alkanes of at least 4 members (excludes halogenated alkanes) is 2. The Morgan fingerprint density at radius 1 is 1.47 bits per heavy atom. The fourth-order valence-electron chi connectivity index (χ4n) is 1.45. The number of nitrogens with zero attached hydrogens (tertiary/aromatic N) is 1. The molecular formula is C11H19N3O2S. The van der Waals surface area contributed by atoms with Crippen molar-refractivity contribution in [2.45, 2.75) is 25.9 Å². The fourth-order valence-corrected chi connectivity index (χ4v) is 1.67. The van der Waals surface area contributed by atoms with E-state index in [-0.39, 0.29) is 6.61 Å². The van der Waals surface area contributed by atoms with Gasteiger partial charge in [0.15, 0.2) is 0 Å². The molecule has 0 bridgehead atoms. The van der Waals surface area contributed by atoms with Crippen molar-refractivity contribution < 1.29 is 9.84 Å². The summed E-state index contributed by atoms with van der Waals surface area (Å²) in [4.78, 5) is 7.26. The first-order chi connectivity index (χ1) is 8.26. The van der Waals surface area contributed by atoms with Crippen molar-refractivity contribution in [1.29, 1.82) is 0 Å². The van der Waals surface area contributed by atoms with Crippen LogP contribution in [0.5, 0.6) is 0 Å². The van der Waals surface area contributed by atoms with Gasteiger partial charge in [-0.25, -0.2) is 4.98 Å². The van der Waals surface area contributed by atoms with Crippen LogP contribution in [0.25, 0.3) is 0 Å². The number of aromatic amines is 1. The van der Waals surface area contributed by atoms with Crippen molar-refractivity contribution >= 4 is 18.0 Å². The molecule has 3 N–H and O–H groups in total. The molecule has 0 aliphatic rings. The SMILES string of the molecule is COCc1nc(=S)cc(NCCCCCO)[nH]1. The molecule has 0 saturated carbocycles. The van der Waals surface area contributed by atoms with Crippen LogP contribution in [0.15, 0.2) is 6.07 Å². The summed E-state index contributed by atoms with van der Waals surface area (Å²) in [6, 6.07) is 1.79. The number of aliphatic hydroxyl groups excluding tert-OH is 1. The summed E-state index contributed by atoms with van der Waals surface area (Å²) >= 11 is 5.06. The number of methoxy groups -OCH3 is 1. The van der Waals surface area contributed by atoms with Crippen LogP contribution in [-0.4, -0.2) is 35.3 Å². The monoisotopic (exact) mass is 257 g/mol. The van der Waals surface area contributed by atoms with Gasteiger partial charge in [0.2, 0.25) is 0 Å². The van der Waals surface area contributed by atoms with Gasteiger partial charge in [-0.3, -0.25) is 0 Å². The van der Waals surface area contributed by atoms with Crippen molar-refractivity contribution in [2.75, 3.05) is 25.6 Å². The van der Waals surface area contributed by atoms with Crippen LogP contribution in [0.1, 0.15) is 25.1 Å². The highest BCUT2D eigenvalue weighted by molar-refractivity contribution is 7.71. The molecule has 0 spiro atoms. The van der Waals surface area contributed by atoms with Gasteiger partial charge >= 0.3 is 0 Å². The molecule has 0 aliphatic heterocycles. The van der Waals surface area contributed by atoms with Gasteiger partial charge in [0, 0.05) is 26.3 Å². The Hall–Kier alpha value is -0.980. The van der Waals surface area contributed by atoms with Crippen molar-refractivity contribution in [1.82, 2.24) is 9.97 Å². The molecule has 1 rings (SSSR count). The highest BCUT2D eigenvalue weighted by Gasteiger charge is 1.98.